The van der Waals surface area contributed by atoms with Crippen LogP contribution in [0.3, 0.4) is 0 Å². The maximum absolute atomic E-state index is 12.9. The summed E-state index contributed by atoms with van der Waals surface area (Å²) in [4.78, 5) is 0.238. The lowest BCUT2D eigenvalue weighted by Crippen LogP contribution is -2.31. The van der Waals surface area contributed by atoms with E-state index in [4.69, 9.17) is 9.47 Å². The number of nitrogens with one attached hydrogen (secondary N) is 1. The summed E-state index contributed by atoms with van der Waals surface area (Å²) < 4.78 is 38.8. The van der Waals surface area contributed by atoms with E-state index in [0.29, 0.717) is 48.2 Å². The van der Waals surface area contributed by atoms with Crippen molar-refractivity contribution in [2.45, 2.75) is 11.3 Å². The van der Waals surface area contributed by atoms with E-state index >= 15 is 0 Å². The zero-order valence-electron chi connectivity index (χ0n) is 12.3. The summed E-state index contributed by atoms with van der Waals surface area (Å²) >= 11 is 3.35. The van der Waals surface area contributed by atoms with Crippen LogP contribution in [0.2, 0.25) is 0 Å². The highest BCUT2D eigenvalue weighted by molar-refractivity contribution is 9.10. The van der Waals surface area contributed by atoms with Gasteiger partial charge in [-0.1, -0.05) is 0 Å². The number of nitrogens with zero attached hydrogens (tertiary/aromatic N) is 1. The van der Waals surface area contributed by atoms with Crippen molar-refractivity contribution in [3.8, 4) is 11.5 Å². The Morgan fingerprint density at radius 3 is 2.68 bits per heavy atom. The molecular formula is C14H19BrN2O4S. The lowest BCUT2D eigenvalue weighted by Gasteiger charge is -2.22. The van der Waals surface area contributed by atoms with E-state index in [1.54, 1.807) is 16.4 Å². The SMILES string of the molecule is CNCC1CCN(S(=O)(=O)c2cc3c(cc2Br)OCCO3)C1. The van der Waals surface area contributed by atoms with Crippen molar-refractivity contribution in [1.82, 2.24) is 9.62 Å². The van der Waals surface area contributed by atoms with Gasteiger partial charge in [0.25, 0.3) is 0 Å². The maximum Gasteiger partial charge on any atom is 0.244 e. The molecule has 1 saturated heterocycles. The number of sulfonamides is 1. The van der Waals surface area contributed by atoms with Crippen LogP contribution in [0.5, 0.6) is 11.5 Å². The van der Waals surface area contributed by atoms with Crippen LogP contribution in [0, 0.1) is 5.92 Å². The molecule has 3 rings (SSSR count). The number of ether oxygens (including phenoxy) is 2. The first kappa shape index (κ1) is 16.0. The molecule has 0 aliphatic carbocycles. The average Bonchev–Trinajstić information content (AvgIpc) is 2.96. The molecule has 0 saturated carbocycles. The molecule has 0 radical (unpaired) electrons. The topological polar surface area (TPSA) is 67.9 Å². The third-order valence-corrected chi connectivity index (χ3v) is 6.78. The van der Waals surface area contributed by atoms with Gasteiger partial charge in [-0.3, -0.25) is 0 Å². The van der Waals surface area contributed by atoms with Crippen LogP contribution in [0.4, 0.5) is 0 Å². The molecule has 122 valence electrons. The van der Waals surface area contributed by atoms with Crippen LogP contribution >= 0.6 is 15.9 Å². The number of rotatable bonds is 4. The second-order valence-corrected chi connectivity index (χ2v) is 8.26. The second-order valence-electron chi connectivity index (χ2n) is 5.50. The van der Waals surface area contributed by atoms with E-state index < -0.39 is 10.0 Å². The van der Waals surface area contributed by atoms with Gasteiger partial charge in [0, 0.05) is 23.6 Å². The molecule has 1 aromatic carbocycles. The number of hydrogen-bond donors (Lipinski definition) is 1. The van der Waals surface area contributed by atoms with Gasteiger partial charge in [-0.15, -0.1) is 0 Å². The van der Waals surface area contributed by atoms with E-state index in [1.807, 2.05) is 7.05 Å². The lowest BCUT2D eigenvalue weighted by molar-refractivity contribution is 0.171. The Morgan fingerprint density at radius 2 is 2.00 bits per heavy atom. The van der Waals surface area contributed by atoms with Crippen LogP contribution in [-0.4, -0.2) is 52.6 Å². The minimum absolute atomic E-state index is 0.238. The Balaban J connectivity index is 1.89. The van der Waals surface area contributed by atoms with E-state index in [9.17, 15) is 8.42 Å². The first-order valence-corrected chi connectivity index (χ1v) is 9.49. The predicted molar refractivity (Wildman–Crippen MR) is 85.9 cm³/mol. The number of fused-ring (bicyclic) bond motifs is 1. The third-order valence-electron chi connectivity index (χ3n) is 3.96. The van der Waals surface area contributed by atoms with Gasteiger partial charge in [0.1, 0.15) is 18.1 Å². The van der Waals surface area contributed by atoms with Crippen LogP contribution < -0.4 is 14.8 Å². The van der Waals surface area contributed by atoms with Crippen molar-refractivity contribution in [1.29, 1.82) is 0 Å². The first-order chi connectivity index (χ1) is 10.5. The van der Waals surface area contributed by atoms with Crippen molar-refractivity contribution in [2.75, 3.05) is 39.9 Å². The highest BCUT2D eigenvalue weighted by atomic mass is 79.9. The zero-order chi connectivity index (χ0) is 15.7. The number of halogens is 1. The molecule has 0 bridgehead atoms. The fourth-order valence-corrected chi connectivity index (χ4v) is 5.38. The first-order valence-electron chi connectivity index (χ1n) is 7.26. The molecule has 8 heteroatoms. The minimum atomic E-state index is -3.53. The van der Waals surface area contributed by atoms with Gasteiger partial charge in [0.2, 0.25) is 10.0 Å². The standard InChI is InChI=1S/C14H19BrN2O4S/c1-16-8-10-2-3-17(9-10)22(18,19)14-7-13-12(6-11(14)15)20-4-5-21-13/h6-7,10,16H,2-5,8-9H2,1H3. The molecule has 6 nitrogen and oxygen atoms in total. The van der Waals surface area contributed by atoms with Crippen molar-refractivity contribution in [3.63, 3.8) is 0 Å². The van der Waals surface area contributed by atoms with E-state index in [1.165, 1.54) is 0 Å². The van der Waals surface area contributed by atoms with E-state index in [-0.39, 0.29) is 4.90 Å². The number of benzene rings is 1. The summed E-state index contributed by atoms with van der Waals surface area (Å²) in [5.41, 5.74) is 0. The molecule has 0 aromatic heterocycles. The van der Waals surface area contributed by atoms with Crippen LogP contribution in [0.25, 0.3) is 0 Å². The average molecular weight is 391 g/mol. The quantitative estimate of drug-likeness (QED) is 0.842. The Bertz CT molecular complexity index is 665. The molecule has 2 aliphatic heterocycles. The normalized spacial score (nSPS) is 22.0. The molecule has 2 heterocycles. The highest BCUT2D eigenvalue weighted by Gasteiger charge is 2.34. The van der Waals surface area contributed by atoms with Crippen molar-refractivity contribution in [2.24, 2.45) is 5.92 Å². The van der Waals surface area contributed by atoms with Crippen LogP contribution in [0.15, 0.2) is 21.5 Å². The Morgan fingerprint density at radius 1 is 1.32 bits per heavy atom. The molecular weight excluding hydrogens is 372 g/mol. The Labute approximate surface area is 139 Å². The molecule has 1 aromatic rings. The van der Waals surface area contributed by atoms with Gasteiger partial charge in [-0.25, -0.2) is 8.42 Å². The summed E-state index contributed by atoms with van der Waals surface area (Å²) in [6, 6.07) is 3.22. The fourth-order valence-electron chi connectivity index (χ4n) is 2.85. The maximum atomic E-state index is 12.9. The lowest BCUT2D eigenvalue weighted by atomic mass is 10.1. The summed E-state index contributed by atoms with van der Waals surface area (Å²) in [5.74, 6) is 1.42. The smallest absolute Gasteiger partial charge is 0.244 e. The Kier molecular flexibility index (Phi) is 4.63. The molecule has 2 aliphatic rings. The zero-order valence-corrected chi connectivity index (χ0v) is 14.7. The summed E-state index contributed by atoms with van der Waals surface area (Å²) in [6.45, 7) is 2.83. The number of hydrogen-bond acceptors (Lipinski definition) is 5. The summed E-state index contributed by atoms with van der Waals surface area (Å²) in [5, 5.41) is 3.11. The largest absolute Gasteiger partial charge is 0.486 e. The summed E-state index contributed by atoms with van der Waals surface area (Å²) in [7, 11) is -1.65. The molecule has 1 unspecified atom stereocenters. The van der Waals surface area contributed by atoms with Crippen LogP contribution in [-0.2, 0) is 10.0 Å². The van der Waals surface area contributed by atoms with Gasteiger partial charge in [-0.2, -0.15) is 4.31 Å². The van der Waals surface area contributed by atoms with Gasteiger partial charge in [0.05, 0.1) is 0 Å². The van der Waals surface area contributed by atoms with Gasteiger partial charge in [0.15, 0.2) is 11.5 Å². The highest BCUT2D eigenvalue weighted by Crippen LogP contribution is 2.39. The fraction of sp³-hybridized carbons (Fsp3) is 0.571. The monoisotopic (exact) mass is 390 g/mol. The Hall–Kier alpha value is -0.830. The minimum Gasteiger partial charge on any atom is -0.486 e. The molecule has 22 heavy (non-hydrogen) atoms. The molecule has 1 fully saturated rings. The summed E-state index contributed by atoms with van der Waals surface area (Å²) in [6.07, 6.45) is 0.877. The molecule has 0 spiro atoms. The van der Waals surface area contributed by atoms with Crippen molar-refractivity contribution >= 4 is 26.0 Å². The molecule has 1 N–H and O–H groups in total. The van der Waals surface area contributed by atoms with Gasteiger partial charge in [-0.05, 0) is 47.9 Å². The second kappa shape index (κ2) is 6.35. The van der Waals surface area contributed by atoms with Gasteiger partial charge >= 0.3 is 0 Å². The molecule has 1 atom stereocenters. The third kappa shape index (κ3) is 2.97. The predicted octanol–water partition coefficient (Wildman–Crippen LogP) is 1.45. The van der Waals surface area contributed by atoms with Gasteiger partial charge < -0.3 is 14.8 Å². The molecule has 0 amide bonds. The van der Waals surface area contributed by atoms with E-state index in [0.717, 1.165) is 13.0 Å². The van der Waals surface area contributed by atoms with Crippen LogP contribution in [0.1, 0.15) is 6.42 Å². The van der Waals surface area contributed by atoms with Crippen molar-refractivity contribution < 1.29 is 17.9 Å². The van der Waals surface area contributed by atoms with Crippen molar-refractivity contribution in [3.05, 3.63) is 16.6 Å². The van der Waals surface area contributed by atoms with E-state index in [2.05, 4.69) is 21.2 Å².